The van der Waals surface area contributed by atoms with E-state index in [1.54, 1.807) is 48.5 Å². The van der Waals surface area contributed by atoms with Gasteiger partial charge in [0.25, 0.3) is 5.24 Å². The highest BCUT2D eigenvalue weighted by Crippen LogP contribution is 2.39. The zero-order valence-electron chi connectivity index (χ0n) is 18.8. The SMILES string of the molecule is CCOc1cc(C[C@H]2SC(=O)N(Cc3ccc(Cl)cc3)C2=O)cc(Cl)c1OCc1cccc(F)c1. The number of hydrogen-bond acceptors (Lipinski definition) is 5. The molecule has 5 nitrogen and oxygen atoms in total. The fraction of sp³-hybridized carbons (Fsp3) is 0.231. The third-order valence-electron chi connectivity index (χ3n) is 5.32. The fourth-order valence-electron chi connectivity index (χ4n) is 3.68. The number of benzene rings is 3. The normalized spacial score (nSPS) is 15.5. The Hall–Kier alpha value is -2.74. The van der Waals surface area contributed by atoms with E-state index in [-0.39, 0.29) is 30.1 Å². The first-order valence-electron chi connectivity index (χ1n) is 10.9. The summed E-state index contributed by atoms with van der Waals surface area (Å²) in [4.78, 5) is 26.8. The van der Waals surface area contributed by atoms with Crippen LogP contribution < -0.4 is 9.47 Å². The zero-order valence-corrected chi connectivity index (χ0v) is 21.1. The van der Waals surface area contributed by atoms with Crippen LogP contribution in [0, 0.1) is 5.82 Å². The van der Waals surface area contributed by atoms with Crippen LogP contribution in [0.4, 0.5) is 9.18 Å². The quantitative estimate of drug-likeness (QED) is 0.299. The molecule has 3 aromatic rings. The number of rotatable bonds is 9. The van der Waals surface area contributed by atoms with Crippen LogP contribution in [0.5, 0.6) is 11.5 Å². The number of hydrogen-bond donors (Lipinski definition) is 0. The lowest BCUT2D eigenvalue weighted by Gasteiger charge is -2.17. The van der Waals surface area contributed by atoms with Crippen molar-refractivity contribution in [1.29, 1.82) is 0 Å². The molecule has 0 radical (unpaired) electrons. The van der Waals surface area contributed by atoms with Crippen molar-refractivity contribution in [3.05, 3.63) is 93.2 Å². The van der Waals surface area contributed by atoms with Gasteiger partial charge in [-0.25, -0.2) is 4.39 Å². The molecule has 3 aromatic carbocycles. The van der Waals surface area contributed by atoms with Crippen LogP contribution in [0.15, 0.2) is 60.7 Å². The second kappa shape index (κ2) is 11.3. The Balaban J connectivity index is 1.48. The molecule has 0 N–H and O–H groups in total. The molecule has 1 fully saturated rings. The van der Waals surface area contributed by atoms with Gasteiger partial charge in [0.05, 0.1) is 23.4 Å². The third-order valence-corrected chi connectivity index (χ3v) is 6.93. The van der Waals surface area contributed by atoms with Crippen molar-refractivity contribution in [3.8, 4) is 11.5 Å². The Morgan fingerprint density at radius 2 is 1.74 bits per heavy atom. The van der Waals surface area contributed by atoms with E-state index in [9.17, 15) is 14.0 Å². The van der Waals surface area contributed by atoms with Crippen molar-refractivity contribution in [2.45, 2.75) is 31.7 Å². The summed E-state index contributed by atoms with van der Waals surface area (Å²) >= 11 is 13.4. The molecule has 1 atom stereocenters. The molecule has 0 bridgehead atoms. The molecule has 4 rings (SSSR count). The Morgan fingerprint density at radius 1 is 0.971 bits per heavy atom. The summed E-state index contributed by atoms with van der Waals surface area (Å²) in [5.74, 6) is 0.157. The molecule has 1 aliphatic heterocycles. The molecule has 1 aliphatic rings. The van der Waals surface area contributed by atoms with Crippen molar-refractivity contribution in [2.75, 3.05) is 6.61 Å². The van der Waals surface area contributed by atoms with E-state index in [0.29, 0.717) is 40.1 Å². The van der Waals surface area contributed by atoms with Crippen LogP contribution in [0.3, 0.4) is 0 Å². The van der Waals surface area contributed by atoms with Crippen molar-refractivity contribution in [2.24, 2.45) is 0 Å². The average Bonchev–Trinajstić information content (AvgIpc) is 3.07. The molecule has 0 spiro atoms. The molecule has 1 saturated heterocycles. The van der Waals surface area contributed by atoms with Gasteiger partial charge >= 0.3 is 0 Å². The summed E-state index contributed by atoms with van der Waals surface area (Å²) in [6, 6.07) is 16.6. The van der Waals surface area contributed by atoms with Gasteiger partial charge in [-0.3, -0.25) is 14.5 Å². The molecule has 9 heteroatoms. The molecule has 0 aliphatic carbocycles. The van der Waals surface area contributed by atoms with Crippen LogP contribution >= 0.6 is 35.0 Å². The number of nitrogens with zero attached hydrogens (tertiary/aromatic N) is 1. The second-order valence-corrected chi connectivity index (χ2v) is 9.88. The topological polar surface area (TPSA) is 55.8 Å². The van der Waals surface area contributed by atoms with Gasteiger partial charge < -0.3 is 9.47 Å². The minimum absolute atomic E-state index is 0.113. The van der Waals surface area contributed by atoms with E-state index in [0.717, 1.165) is 22.9 Å². The van der Waals surface area contributed by atoms with Crippen LogP contribution in [0.2, 0.25) is 10.0 Å². The van der Waals surface area contributed by atoms with Gasteiger partial charge in [-0.2, -0.15) is 0 Å². The Labute approximate surface area is 217 Å². The number of carbonyl (C=O) groups excluding carboxylic acids is 2. The monoisotopic (exact) mass is 533 g/mol. The number of imide groups is 1. The van der Waals surface area contributed by atoms with Crippen molar-refractivity contribution in [3.63, 3.8) is 0 Å². The largest absolute Gasteiger partial charge is 0.490 e. The number of carbonyl (C=O) groups is 2. The predicted molar refractivity (Wildman–Crippen MR) is 136 cm³/mol. The van der Waals surface area contributed by atoms with Crippen molar-refractivity contribution >= 4 is 46.1 Å². The molecule has 2 amide bonds. The summed E-state index contributed by atoms with van der Waals surface area (Å²) in [5.41, 5.74) is 2.21. The molecule has 0 saturated carbocycles. The minimum Gasteiger partial charge on any atom is -0.490 e. The zero-order chi connectivity index (χ0) is 24.9. The lowest BCUT2D eigenvalue weighted by Crippen LogP contribution is -2.31. The van der Waals surface area contributed by atoms with Gasteiger partial charge in [0.15, 0.2) is 11.5 Å². The molecule has 0 unspecified atom stereocenters. The van der Waals surface area contributed by atoms with Crippen LogP contribution in [0.1, 0.15) is 23.6 Å². The molecular formula is C26H22Cl2FNO4S. The molecule has 1 heterocycles. The van der Waals surface area contributed by atoms with Gasteiger partial charge in [0.2, 0.25) is 5.91 Å². The molecule has 0 aromatic heterocycles. The summed E-state index contributed by atoms with van der Waals surface area (Å²) in [7, 11) is 0. The Morgan fingerprint density at radius 3 is 2.46 bits per heavy atom. The van der Waals surface area contributed by atoms with E-state index >= 15 is 0 Å². The first kappa shape index (κ1) is 25.4. The summed E-state index contributed by atoms with van der Waals surface area (Å²) in [5, 5.41) is 0.0353. The maximum Gasteiger partial charge on any atom is 0.289 e. The average molecular weight is 534 g/mol. The second-order valence-electron chi connectivity index (χ2n) is 7.88. The maximum absolute atomic E-state index is 13.5. The van der Waals surface area contributed by atoms with Crippen molar-refractivity contribution < 1.29 is 23.5 Å². The smallest absolute Gasteiger partial charge is 0.289 e. The summed E-state index contributed by atoms with van der Waals surface area (Å²) in [6.45, 7) is 2.51. The highest BCUT2D eigenvalue weighted by molar-refractivity contribution is 8.15. The van der Waals surface area contributed by atoms with E-state index in [1.807, 2.05) is 6.92 Å². The Bertz CT molecular complexity index is 1240. The Kier molecular flexibility index (Phi) is 8.21. The fourth-order valence-corrected chi connectivity index (χ4v) is 5.12. The van der Waals surface area contributed by atoms with Gasteiger partial charge in [0, 0.05) is 5.02 Å². The third kappa shape index (κ3) is 6.28. The van der Waals surface area contributed by atoms with E-state index in [2.05, 4.69) is 0 Å². The molecule has 182 valence electrons. The van der Waals surface area contributed by atoms with E-state index < -0.39 is 5.25 Å². The lowest BCUT2D eigenvalue weighted by molar-refractivity contribution is -0.127. The van der Waals surface area contributed by atoms with Gasteiger partial charge in [-0.15, -0.1) is 0 Å². The highest BCUT2D eigenvalue weighted by Gasteiger charge is 2.39. The van der Waals surface area contributed by atoms with Gasteiger partial charge in [-0.1, -0.05) is 59.2 Å². The van der Waals surface area contributed by atoms with Crippen molar-refractivity contribution in [1.82, 2.24) is 4.90 Å². The highest BCUT2D eigenvalue weighted by atomic mass is 35.5. The van der Waals surface area contributed by atoms with Gasteiger partial charge in [0.1, 0.15) is 12.4 Å². The number of thioether (sulfide) groups is 1. The van der Waals surface area contributed by atoms with Gasteiger partial charge in [-0.05, 0) is 66.4 Å². The van der Waals surface area contributed by atoms with Crippen LogP contribution in [0.25, 0.3) is 0 Å². The van der Waals surface area contributed by atoms with Crippen LogP contribution in [-0.2, 0) is 24.4 Å². The molecular weight excluding hydrogens is 512 g/mol. The standard InChI is InChI=1S/C26H22Cl2FNO4S/c1-2-33-22-12-18(11-21(28)24(22)34-15-17-4-3-5-20(29)10-17)13-23-25(31)30(26(32)35-23)14-16-6-8-19(27)9-7-16/h3-12,23H,2,13-15H2,1H3/t23-/m1/s1. The lowest BCUT2D eigenvalue weighted by atomic mass is 10.1. The number of halogens is 3. The number of ether oxygens (including phenoxy) is 2. The maximum atomic E-state index is 13.5. The number of amides is 2. The minimum atomic E-state index is -0.570. The predicted octanol–water partition coefficient (Wildman–Crippen LogP) is 6.92. The van der Waals surface area contributed by atoms with E-state index in [4.69, 9.17) is 32.7 Å². The first-order valence-corrected chi connectivity index (χ1v) is 12.6. The first-order chi connectivity index (χ1) is 16.8. The molecule has 35 heavy (non-hydrogen) atoms. The summed E-state index contributed by atoms with van der Waals surface area (Å²) < 4.78 is 25.1. The summed E-state index contributed by atoms with van der Waals surface area (Å²) in [6.07, 6.45) is 0.302. The van der Waals surface area contributed by atoms with E-state index in [1.165, 1.54) is 17.0 Å². The van der Waals surface area contributed by atoms with Crippen LogP contribution in [-0.4, -0.2) is 27.9 Å².